The molecule has 1 atom stereocenters. The summed E-state index contributed by atoms with van der Waals surface area (Å²) in [4.78, 5) is 33.6. The van der Waals surface area contributed by atoms with Crippen LogP contribution in [0.2, 0.25) is 0 Å². The van der Waals surface area contributed by atoms with Crippen molar-refractivity contribution in [2.24, 2.45) is 4.99 Å². The van der Waals surface area contributed by atoms with Crippen molar-refractivity contribution in [3.8, 4) is 17.2 Å². The van der Waals surface area contributed by atoms with E-state index < -0.39 is 6.04 Å². The molecule has 5 aromatic rings. The number of aromatic nitrogens is 1. The summed E-state index contributed by atoms with van der Waals surface area (Å²) < 4.78 is 19.0. The Morgan fingerprint density at radius 2 is 1.64 bits per heavy atom. The van der Waals surface area contributed by atoms with Crippen LogP contribution in [0.5, 0.6) is 17.2 Å². The summed E-state index contributed by atoms with van der Waals surface area (Å²) in [6, 6.07) is 24.1. The van der Waals surface area contributed by atoms with Gasteiger partial charge in [0.05, 0.1) is 42.7 Å². The number of thiazole rings is 1. The zero-order valence-electron chi connectivity index (χ0n) is 25.7. The largest absolute Gasteiger partial charge is 0.493 e. The van der Waals surface area contributed by atoms with E-state index in [0.29, 0.717) is 50.0 Å². The Hall–Kier alpha value is -5.15. The number of methoxy groups -OCH3 is 2. The van der Waals surface area contributed by atoms with Crippen LogP contribution in [0.3, 0.4) is 0 Å². The van der Waals surface area contributed by atoms with Gasteiger partial charge >= 0.3 is 0 Å². The lowest BCUT2D eigenvalue weighted by molar-refractivity contribution is -0.113. The molecule has 1 amide bonds. The number of aryl methyl sites for hydroxylation is 1. The van der Waals surface area contributed by atoms with Crippen LogP contribution in [-0.2, 0) is 4.79 Å². The molecule has 0 spiro atoms. The molecule has 9 heteroatoms. The zero-order valence-corrected chi connectivity index (χ0v) is 26.5. The molecule has 0 aliphatic carbocycles. The van der Waals surface area contributed by atoms with Gasteiger partial charge in [0.15, 0.2) is 16.3 Å². The molecule has 1 aromatic heterocycles. The fourth-order valence-corrected chi connectivity index (χ4v) is 6.73. The first-order valence-corrected chi connectivity index (χ1v) is 15.4. The van der Waals surface area contributed by atoms with Crippen molar-refractivity contribution >= 4 is 39.8 Å². The summed E-state index contributed by atoms with van der Waals surface area (Å²) in [7, 11) is 3.12. The molecule has 1 unspecified atom stereocenters. The lowest BCUT2D eigenvalue weighted by Crippen LogP contribution is -2.40. The SMILES string of the molecule is CCOc1ccc(C=c2sc3n(c2=O)C(c2ccc(OC)c(OC)c2)C(C(=O)Nc2ccccc2C)=C(C)N=3)c2ccccc12. The number of carbonyl (C=O) groups excluding carboxylic acids is 1. The molecule has 8 nitrogen and oxygen atoms in total. The van der Waals surface area contributed by atoms with Gasteiger partial charge in [0.25, 0.3) is 11.5 Å². The molecular weight excluding hydrogens is 586 g/mol. The normalized spacial score (nSPS) is 14.6. The number of amides is 1. The van der Waals surface area contributed by atoms with Gasteiger partial charge in [-0.3, -0.25) is 14.2 Å². The Labute approximate surface area is 264 Å². The predicted octanol–water partition coefficient (Wildman–Crippen LogP) is 5.75. The third-order valence-corrected chi connectivity index (χ3v) is 8.87. The minimum Gasteiger partial charge on any atom is -0.493 e. The molecular formula is C36H33N3O5S. The van der Waals surface area contributed by atoms with Crippen LogP contribution in [0.1, 0.15) is 36.6 Å². The van der Waals surface area contributed by atoms with Crippen LogP contribution in [0.25, 0.3) is 16.8 Å². The Bertz CT molecular complexity index is 2160. The van der Waals surface area contributed by atoms with E-state index in [1.165, 1.54) is 11.3 Å². The van der Waals surface area contributed by atoms with Crippen molar-refractivity contribution in [3.05, 3.63) is 127 Å². The highest BCUT2D eigenvalue weighted by Crippen LogP contribution is 2.36. The number of hydrogen-bond acceptors (Lipinski definition) is 7. The van der Waals surface area contributed by atoms with Gasteiger partial charge in [-0.15, -0.1) is 0 Å². The number of anilines is 1. The molecule has 6 rings (SSSR count). The first-order valence-electron chi connectivity index (χ1n) is 14.6. The quantitative estimate of drug-likeness (QED) is 0.239. The van der Waals surface area contributed by atoms with Gasteiger partial charge < -0.3 is 19.5 Å². The van der Waals surface area contributed by atoms with E-state index in [0.717, 1.165) is 27.6 Å². The van der Waals surface area contributed by atoms with E-state index in [-0.39, 0.29) is 11.5 Å². The van der Waals surface area contributed by atoms with Gasteiger partial charge in [0.2, 0.25) is 0 Å². The van der Waals surface area contributed by atoms with Crippen molar-refractivity contribution in [2.75, 3.05) is 26.1 Å². The average Bonchev–Trinajstić information content (AvgIpc) is 3.35. The van der Waals surface area contributed by atoms with Crippen LogP contribution in [0, 0.1) is 6.92 Å². The fraction of sp³-hybridized carbons (Fsp3) is 0.194. The van der Waals surface area contributed by atoms with Gasteiger partial charge in [-0.1, -0.05) is 65.9 Å². The lowest BCUT2D eigenvalue weighted by atomic mass is 9.94. The molecule has 0 saturated carbocycles. The number of carbonyl (C=O) groups is 1. The van der Waals surface area contributed by atoms with Crippen molar-refractivity contribution in [1.82, 2.24) is 4.57 Å². The molecule has 1 aliphatic rings. The van der Waals surface area contributed by atoms with Gasteiger partial charge in [-0.2, -0.15) is 0 Å². The maximum Gasteiger partial charge on any atom is 0.271 e. The zero-order chi connectivity index (χ0) is 31.7. The number of allylic oxidation sites excluding steroid dienone is 1. The summed E-state index contributed by atoms with van der Waals surface area (Å²) >= 11 is 1.29. The molecule has 0 bridgehead atoms. The van der Waals surface area contributed by atoms with Crippen LogP contribution in [0.15, 0.2) is 99.9 Å². The monoisotopic (exact) mass is 619 g/mol. The highest BCUT2D eigenvalue weighted by atomic mass is 32.1. The van der Waals surface area contributed by atoms with Crippen LogP contribution < -0.4 is 34.4 Å². The number of nitrogens with zero attached hydrogens (tertiary/aromatic N) is 2. The number of nitrogens with one attached hydrogen (secondary N) is 1. The molecule has 0 saturated heterocycles. The number of ether oxygens (including phenoxy) is 3. The predicted molar refractivity (Wildman–Crippen MR) is 178 cm³/mol. The number of hydrogen-bond donors (Lipinski definition) is 1. The minimum absolute atomic E-state index is 0.245. The van der Waals surface area contributed by atoms with Crippen molar-refractivity contribution in [3.63, 3.8) is 0 Å². The molecule has 0 fully saturated rings. The molecule has 1 aliphatic heterocycles. The van der Waals surface area contributed by atoms with Gasteiger partial charge in [-0.25, -0.2) is 4.99 Å². The van der Waals surface area contributed by atoms with E-state index in [1.54, 1.807) is 37.8 Å². The summed E-state index contributed by atoms with van der Waals surface area (Å²) in [6.07, 6.45) is 1.89. The molecule has 1 N–H and O–H groups in total. The minimum atomic E-state index is -0.760. The number of rotatable bonds is 8. The molecule has 4 aromatic carbocycles. The topological polar surface area (TPSA) is 91.1 Å². The first kappa shape index (κ1) is 29.9. The maximum absolute atomic E-state index is 14.3. The Balaban J connectivity index is 1.54. The van der Waals surface area contributed by atoms with E-state index in [2.05, 4.69) is 5.32 Å². The van der Waals surface area contributed by atoms with E-state index in [4.69, 9.17) is 19.2 Å². The van der Waals surface area contributed by atoms with Crippen LogP contribution in [0.4, 0.5) is 5.69 Å². The second-order valence-corrected chi connectivity index (χ2v) is 11.6. The third-order valence-electron chi connectivity index (χ3n) is 7.89. The lowest BCUT2D eigenvalue weighted by Gasteiger charge is -2.26. The Morgan fingerprint density at radius 1 is 0.933 bits per heavy atom. The summed E-state index contributed by atoms with van der Waals surface area (Å²) in [5.41, 5.74) is 3.84. The second-order valence-electron chi connectivity index (χ2n) is 10.6. The highest BCUT2D eigenvalue weighted by molar-refractivity contribution is 7.07. The number of benzene rings is 4. The second kappa shape index (κ2) is 12.5. The first-order chi connectivity index (χ1) is 21.8. The smallest absolute Gasteiger partial charge is 0.271 e. The molecule has 45 heavy (non-hydrogen) atoms. The summed E-state index contributed by atoms with van der Waals surface area (Å²) in [5, 5.41) is 4.99. The highest BCUT2D eigenvalue weighted by Gasteiger charge is 2.33. The van der Waals surface area contributed by atoms with Gasteiger partial charge in [0, 0.05) is 11.1 Å². The third kappa shape index (κ3) is 5.51. The van der Waals surface area contributed by atoms with E-state index in [9.17, 15) is 9.59 Å². The number of para-hydroxylation sites is 1. The summed E-state index contributed by atoms with van der Waals surface area (Å²) in [5.74, 6) is 1.49. The van der Waals surface area contributed by atoms with Crippen molar-refractivity contribution in [1.29, 1.82) is 0 Å². The van der Waals surface area contributed by atoms with E-state index in [1.807, 2.05) is 86.7 Å². The van der Waals surface area contributed by atoms with Crippen LogP contribution >= 0.6 is 11.3 Å². The van der Waals surface area contributed by atoms with Crippen molar-refractivity contribution in [2.45, 2.75) is 26.8 Å². The number of fused-ring (bicyclic) bond motifs is 2. The van der Waals surface area contributed by atoms with E-state index >= 15 is 0 Å². The van der Waals surface area contributed by atoms with Gasteiger partial charge in [-0.05, 0) is 73.2 Å². The standard InChI is InChI=1S/C36H33N3O5S/c1-6-44-28-17-15-23(25-12-8-9-13-26(25)28)20-31-35(41)39-33(24-16-18-29(42-4)30(19-24)43-5)32(22(3)37-36(39)45-31)34(40)38-27-14-10-7-11-21(27)2/h7-20,33H,6H2,1-5H3,(H,38,40). The Morgan fingerprint density at radius 3 is 2.38 bits per heavy atom. The molecule has 228 valence electrons. The summed E-state index contributed by atoms with van der Waals surface area (Å²) in [6.45, 7) is 6.24. The fourth-order valence-electron chi connectivity index (χ4n) is 5.70. The average molecular weight is 620 g/mol. The van der Waals surface area contributed by atoms with Crippen molar-refractivity contribution < 1.29 is 19.0 Å². The molecule has 2 heterocycles. The van der Waals surface area contributed by atoms with Crippen LogP contribution in [-0.4, -0.2) is 31.3 Å². The maximum atomic E-state index is 14.3. The Kier molecular flexibility index (Phi) is 8.28. The molecule has 0 radical (unpaired) electrons. The van der Waals surface area contributed by atoms with Gasteiger partial charge in [0.1, 0.15) is 5.75 Å².